The van der Waals surface area contributed by atoms with Gasteiger partial charge in [-0.1, -0.05) is 13.8 Å². The number of hydrogen-bond acceptors (Lipinski definition) is 4. The molecule has 1 N–H and O–H groups in total. The number of amides is 1. The summed E-state index contributed by atoms with van der Waals surface area (Å²) in [4.78, 5) is 11.4. The SMILES string of the molecule is C=NN(CC(C)C)C(=O)O[C@@H](C)NC. The highest BCUT2D eigenvalue weighted by molar-refractivity contribution is 5.67. The highest BCUT2D eigenvalue weighted by Crippen LogP contribution is 2.02. The van der Waals surface area contributed by atoms with Crippen LogP contribution >= 0.6 is 0 Å². The highest BCUT2D eigenvalue weighted by atomic mass is 16.6. The summed E-state index contributed by atoms with van der Waals surface area (Å²) in [5, 5.41) is 7.61. The van der Waals surface area contributed by atoms with Crippen LogP contribution in [-0.2, 0) is 4.74 Å². The molecule has 0 radical (unpaired) electrons. The van der Waals surface area contributed by atoms with Crippen molar-refractivity contribution in [3.05, 3.63) is 0 Å². The van der Waals surface area contributed by atoms with E-state index in [-0.39, 0.29) is 6.23 Å². The lowest BCUT2D eigenvalue weighted by Gasteiger charge is -2.20. The Bertz CT molecular complexity index is 194. The van der Waals surface area contributed by atoms with Crippen LogP contribution in [0.1, 0.15) is 20.8 Å². The lowest BCUT2D eigenvalue weighted by molar-refractivity contribution is 0.0574. The Balaban J connectivity index is 4.10. The number of carbonyl (C=O) groups excluding carboxylic acids is 1. The second-order valence-electron chi connectivity index (χ2n) is 3.43. The summed E-state index contributed by atoms with van der Waals surface area (Å²) in [6.07, 6.45) is -0.797. The van der Waals surface area contributed by atoms with E-state index in [1.54, 1.807) is 14.0 Å². The average Bonchev–Trinajstić information content (AvgIpc) is 2.13. The molecular formula is C9H19N3O2. The van der Waals surface area contributed by atoms with Crippen LogP contribution in [0, 0.1) is 5.92 Å². The van der Waals surface area contributed by atoms with Crippen LogP contribution in [0.4, 0.5) is 4.79 Å². The molecule has 0 saturated heterocycles. The lowest BCUT2D eigenvalue weighted by atomic mass is 10.2. The van der Waals surface area contributed by atoms with Gasteiger partial charge in [-0.3, -0.25) is 5.32 Å². The summed E-state index contributed by atoms with van der Waals surface area (Å²) in [5.41, 5.74) is 0. The second-order valence-corrected chi connectivity index (χ2v) is 3.43. The van der Waals surface area contributed by atoms with Gasteiger partial charge in [0.15, 0.2) is 6.23 Å². The van der Waals surface area contributed by atoms with E-state index in [2.05, 4.69) is 17.1 Å². The van der Waals surface area contributed by atoms with Crippen molar-refractivity contribution < 1.29 is 9.53 Å². The molecule has 0 fully saturated rings. The smallest absolute Gasteiger partial charge is 0.429 e. The quantitative estimate of drug-likeness (QED) is 0.414. The highest BCUT2D eigenvalue weighted by Gasteiger charge is 2.16. The number of rotatable bonds is 5. The molecule has 0 aromatic carbocycles. The zero-order chi connectivity index (χ0) is 11.1. The summed E-state index contributed by atoms with van der Waals surface area (Å²) in [6, 6.07) is 0. The summed E-state index contributed by atoms with van der Waals surface area (Å²) < 4.78 is 5.00. The second kappa shape index (κ2) is 6.37. The van der Waals surface area contributed by atoms with Crippen molar-refractivity contribution in [2.24, 2.45) is 11.0 Å². The molecule has 1 amide bonds. The van der Waals surface area contributed by atoms with Gasteiger partial charge in [-0.05, 0) is 19.9 Å². The summed E-state index contributed by atoms with van der Waals surface area (Å²) in [5.74, 6) is 0.331. The molecule has 0 rings (SSSR count). The maximum atomic E-state index is 11.4. The van der Waals surface area contributed by atoms with Gasteiger partial charge in [0.05, 0.1) is 6.54 Å². The number of hydrazone groups is 1. The largest absolute Gasteiger partial charge is 0.431 e. The normalized spacial score (nSPS) is 12.4. The Morgan fingerprint density at radius 2 is 2.14 bits per heavy atom. The molecular weight excluding hydrogens is 182 g/mol. The van der Waals surface area contributed by atoms with E-state index < -0.39 is 6.09 Å². The van der Waals surface area contributed by atoms with Crippen molar-refractivity contribution in [1.29, 1.82) is 0 Å². The Kier molecular flexibility index (Phi) is 5.87. The monoisotopic (exact) mass is 201 g/mol. The number of hydrogen-bond donors (Lipinski definition) is 1. The molecule has 0 bridgehead atoms. The zero-order valence-electron chi connectivity index (χ0n) is 9.28. The standard InChI is InChI=1S/C9H19N3O2/c1-7(2)6-12(11-5)9(13)14-8(3)10-4/h7-8,10H,5-6H2,1-4H3/t8-/m0/s1. The number of nitrogens with zero attached hydrogens (tertiary/aromatic N) is 2. The first-order chi connectivity index (χ1) is 6.51. The Morgan fingerprint density at radius 3 is 2.50 bits per heavy atom. The zero-order valence-corrected chi connectivity index (χ0v) is 9.28. The van der Waals surface area contributed by atoms with Crippen LogP contribution in [0.3, 0.4) is 0 Å². The van der Waals surface area contributed by atoms with Gasteiger partial charge in [-0.25, -0.2) is 4.79 Å². The van der Waals surface area contributed by atoms with E-state index >= 15 is 0 Å². The molecule has 0 saturated carbocycles. The van der Waals surface area contributed by atoms with Gasteiger partial charge in [0.25, 0.3) is 0 Å². The van der Waals surface area contributed by atoms with Crippen molar-refractivity contribution in [3.63, 3.8) is 0 Å². The predicted molar refractivity (Wildman–Crippen MR) is 56.1 cm³/mol. The summed E-state index contributed by atoms with van der Waals surface area (Å²) in [6.45, 7) is 9.57. The van der Waals surface area contributed by atoms with E-state index in [0.717, 1.165) is 0 Å². The Morgan fingerprint density at radius 1 is 1.57 bits per heavy atom. The molecule has 0 aliphatic carbocycles. The first-order valence-corrected chi connectivity index (χ1v) is 4.63. The molecule has 82 valence electrons. The van der Waals surface area contributed by atoms with Gasteiger partial charge in [0.1, 0.15) is 0 Å². The van der Waals surface area contributed by atoms with Crippen LogP contribution in [0.25, 0.3) is 0 Å². The molecule has 0 unspecified atom stereocenters. The van der Waals surface area contributed by atoms with Crippen LogP contribution in [0.5, 0.6) is 0 Å². The minimum atomic E-state index is -0.476. The minimum Gasteiger partial charge on any atom is -0.429 e. The van der Waals surface area contributed by atoms with Crippen molar-refractivity contribution in [2.75, 3.05) is 13.6 Å². The number of nitrogens with one attached hydrogen (secondary N) is 1. The molecule has 1 atom stereocenters. The van der Waals surface area contributed by atoms with Gasteiger partial charge >= 0.3 is 6.09 Å². The van der Waals surface area contributed by atoms with Gasteiger partial charge in [0, 0.05) is 6.72 Å². The lowest BCUT2D eigenvalue weighted by Crippen LogP contribution is -2.36. The first-order valence-electron chi connectivity index (χ1n) is 4.63. The summed E-state index contributed by atoms with van der Waals surface area (Å²) in [7, 11) is 1.71. The third kappa shape index (κ3) is 4.81. The fraction of sp³-hybridized carbons (Fsp3) is 0.778. The molecule has 0 heterocycles. The predicted octanol–water partition coefficient (Wildman–Crippen LogP) is 1.26. The van der Waals surface area contributed by atoms with E-state index in [1.165, 1.54) is 5.01 Å². The van der Waals surface area contributed by atoms with Gasteiger partial charge in [-0.15, -0.1) is 0 Å². The molecule has 14 heavy (non-hydrogen) atoms. The van der Waals surface area contributed by atoms with Crippen LogP contribution in [-0.4, -0.2) is 37.6 Å². The maximum absolute atomic E-state index is 11.4. The summed E-state index contributed by atoms with van der Waals surface area (Å²) >= 11 is 0. The van der Waals surface area contributed by atoms with Crippen LogP contribution in [0.15, 0.2) is 5.10 Å². The van der Waals surface area contributed by atoms with Gasteiger partial charge in [-0.2, -0.15) is 10.1 Å². The van der Waals surface area contributed by atoms with Crippen molar-refractivity contribution in [2.45, 2.75) is 27.0 Å². The molecule has 5 nitrogen and oxygen atoms in total. The molecule has 0 aromatic rings. The molecule has 5 heteroatoms. The van der Waals surface area contributed by atoms with Gasteiger partial charge < -0.3 is 4.74 Å². The number of carbonyl (C=O) groups is 1. The third-order valence-electron chi connectivity index (χ3n) is 1.60. The van der Waals surface area contributed by atoms with E-state index in [4.69, 9.17) is 4.74 Å². The molecule has 0 aromatic heterocycles. The van der Waals surface area contributed by atoms with E-state index in [1.807, 2.05) is 13.8 Å². The Hall–Kier alpha value is -1.10. The molecule has 0 aliphatic heterocycles. The maximum Gasteiger partial charge on any atom is 0.431 e. The van der Waals surface area contributed by atoms with Crippen molar-refractivity contribution in [3.8, 4) is 0 Å². The topological polar surface area (TPSA) is 53.9 Å². The number of ether oxygens (including phenoxy) is 1. The molecule has 0 spiro atoms. The van der Waals surface area contributed by atoms with E-state index in [0.29, 0.717) is 12.5 Å². The molecule has 0 aliphatic rings. The van der Waals surface area contributed by atoms with Crippen LogP contribution in [0.2, 0.25) is 0 Å². The van der Waals surface area contributed by atoms with Crippen molar-refractivity contribution in [1.82, 2.24) is 10.3 Å². The Labute approximate surface area is 85.1 Å². The fourth-order valence-corrected chi connectivity index (χ4v) is 0.807. The minimum absolute atomic E-state index is 0.320. The first kappa shape index (κ1) is 12.9. The fourth-order valence-electron chi connectivity index (χ4n) is 0.807. The average molecular weight is 201 g/mol. The van der Waals surface area contributed by atoms with E-state index in [9.17, 15) is 4.79 Å². The van der Waals surface area contributed by atoms with Crippen molar-refractivity contribution >= 4 is 12.8 Å². The van der Waals surface area contributed by atoms with Gasteiger partial charge in [0.2, 0.25) is 0 Å². The third-order valence-corrected chi connectivity index (χ3v) is 1.60. The van der Waals surface area contributed by atoms with Crippen LogP contribution < -0.4 is 5.32 Å².